The number of benzene rings is 4. The Hall–Kier alpha value is -10.2. The molecule has 1 fully saturated rings. The summed E-state index contributed by atoms with van der Waals surface area (Å²) in [5.74, 6) is -6.98. The van der Waals surface area contributed by atoms with Gasteiger partial charge in [0.1, 0.15) is 40.9 Å². The Kier molecular flexibility index (Phi) is 24.7. The minimum atomic E-state index is -1.98. The van der Waals surface area contributed by atoms with E-state index in [-0.39, 0.29) is 140 Å². The number of hydrogen-bond acceptors (Lipinski definition) is 20. The Bertz CT molecular complexity index is 4350. The summed E-state index contributed by atoms with van der Waals surface area (Å²) >= 11 is 0. The number of allylic oxidation sites excluding steroid dienone is 3. The monoisotopic (exact) mass is 1410 g/mol. The van der Waals surface area contributed by atoms with Crippen molar-refractivity contribution in [1.82, 2.24) is 30.7 Å². The van der Waals surface area contributed by atoms with Gasteiger partial charge in [0.15, 0.2) is 22.4 Å². The number of nitrogens with one attached hydrogen (secondary N) is 5. The average molecular weight is 1410 g/mol. The lowest BCUT2D eigenvalue weighted by atomic mass is 9.82. The van der Waals surface area contributed by atoms with Crippen molar-refractivity contribution >= 4 is 103 Å². The Labute approximate surface area is 590 Å². The first kappa shape index (κ1) is 76.0. The van der Waals surface area contributed by atoms with Crippen LogP contribution in [0.5, 0.6) is 11.5 Å². The molecule has 27 nitrogen and oxygen atoms in total. The quantitative estimate of drug-likeness (QED) is 0.0116. The molecule has 4 bridgehead atoms. The number of nitrogens with two attached hydrogens (primary N) is 1. The zero-order chi connectivity index (χ0) is 74.0. The van der Waals surface area contributed by atoms with Gasteiger partial charge in [-0.3, -0.25) is 53.0 Å². The molecule has 0 aliphatic carbocycles. The molecule has 1 aromatic heterocycles. The van der Waals surface area contributed by atoms with Crippen LogP contribution in [0.1, 0.15) is 125 Å². The van der Waals surface area contributed by atoms with E-state index in [9.17, 15) is 53.4 Å². The van der Waals surface area contributed by atoms with Gasteiger partial charge in [0.2, 0.25) is 28.6 Å². The van der Waals surface area contributed by atoms with Gasteiger partial charge < -0.3 is 70.8 Å². The number of nitrogens with zero attached hydrogens (tertiary/aromatic N) is 4. The number of imide groups is 1. The van der Waals surface area contributed by atoms with Crippen molar-refractivity contribution in [3.8, 4) is 11.5 Å². The molecule has 4 aliphatic rings. The van der Waals surface area contributed by atoms with Crippen molar-refractivity contribution in [2.24, 2.45) is 35.3 Å². The highest BCUT2D eigenvalue weighted by atomic mass is 16.7. The summed E-state index contributed by atoms with van der Waals surface area (Å²) in [6, 6.07) is 7.52. The number of piperazine rings is 1. The number of phenolic OH excluding ortho intramolecular Hbond substituents is 1. The van der Waals surface area contributed by atoms with Gasteiger partial charge in [-0.1, -0.05) is 78.3 Å². The highest BCUT2D eigenvalue weighted by Crippen LogP contribution is 2.43. The molecule has 0 spiro atoms. The Morgan fingerprint density at radius 3 is 2.24 bits per heavy atom. The van der Waals surface area contributed by atoms with Gasteiger partial charge in [-0.2, -0.15) is 0 Å². The molecular weight excluding hydrogens is 1310 g/mol. The fourth-order valence-corrected chi connectivity index (χ4v) is 13.8. The number of phenols is 1. The van der Waals surface area contributed by atoms with E-state index in [0.717, 1.165) is 23.3 Å². The van der Waals surface area contributed by atoms with Gasteiger partial charge in [0, 0.05) is 131 Å². The van der Waals surface area contributed by atoms with Crippen molar-refractivity contribution in [3.05, 3.63) is 121 Å². The topological polar surface area (TPSA) is 370 Å². The van der Waals surface area contributed by atoms with E-state index in [0.29, 0.717) is 63.4 Å². The van der Waals surface area contributed by atoms with Crippen LogP contribution >= 0.6 is 0 Å². The van der Waals surface area contributed by atoms with Crippen LogP contribution in [0.25, 0.3) is 38.7 Å². The number of aliphatic hydroxyl groups excluding tert-OH is 1. The fraction of sp³-hybridized carbons (Fsp3) is 0.480. The molecule has 4 aliphatic heterocycles. The van der Waals surface area contributed by atoms with Crippen LogP contribution in [0.4, 0.5) is 21.9 Å². The maximum Gasteiger partial charge on any atom is 0.312 e. The highest BCUT2D eigenvalue weighted by molar-refractivity contribution is 6.17. The maximum absolute atomic E-state index is 15.2. The number of unbranched alkanes of at least 4 members (excludes halogenated alkanes) is 2. The summed E-state index contributed by atoms with van der Waals surface area (Å²) in [5, 5.41) is 37.6. The molecule has 27 heteroatoms. The number of ether oxygens (including phenoxy) is 4. The third-order valence-corrected chi connectivity index (χ3v) is 19.3. The zero-order valence-electron chi connectivity index (χ0n) is 59.7. The van der Waals surface area contributed by atoms with Crippen LogP contribution < -0.4 is 58.0 Å². The van der Waals surface area contributed by atoms with Gasteiger partial charge in [0.25, 0.3) is 17.7 Å². The molecule has 546 valence electrons. The molecule has 5 aromatic rings. The predicted molar refractivity (Wildman–Crippen MR) is 385 cm³/mol. The van der Waals surface area contributed by atoms with Gasteiger partial charge in [-0.05, 0) is 99.8 Å². The number of fused-ring (bicyclic) bond motifs is 2. The van der Waals surface area contributed by atoms with Crippen molar-refractivity contribution in [3.63, 3.8) is 0 Å². The SMILES string of the molecule is CO[C@H]1/C=C/O[C@@]2(C)Oc3c(C)c(O)c4c(=O)c(c5oc6cc(N7CCN(Cc8ccc(NC(=O)[C@H](CCCNC(N)=O)NC(=O)[C@@H](NC(=O)CCCCCN9C(=O)C=CC9=O)C(C)C)cc8)CC7)cc(=O)c6nc5c4c3=C2O)NC(=O)/C(C)=C\C=C\[C@H](C)C[C@@H](C)C[C@@H](C)[C@H](OC(C)=O)[C@@H]1C. The summed E-state index contributed by atoms with van der Waals surface area (Å²) < 4.78 is 31.1. The lowest BCUT2D eigenvalue weighted by molar-refractivity contribution is -0.155. The third-order valence-electron chi connectivity index (χ3n) is 19.3. The minimum Gasteiger partial charge on any atom is -0.507 e. The molecule has 8 amide bonds. The van der Waals surface area contributed by atoms with Crippen molar-refractivity contribution in [2.45, 2.75) is 157 Å². The third kappa shape index (κ3) is 17.8. The number of aromatic hydroxyl groups is 1. The number of esters is 1. The van der Waals surface area contributed by atoms with Gasteiger partial charge in [-0.15, -0.1) is 0 Å². The number of amides is 8. The van der Waals surface area contributed by atoms with Gasteiger partial charge in [0.05, 0.1) is 23.0 Å². The molecular formula is C75H94N10O17. The number of primary amides is 1. The Morgan fingerprint density at radius 1 is 0.863 bits per heavy atom. The number of hydrogen-bond donors (Lipinski definition) is 8. The fourth-order valence-electron chi connectivity index (χ4n) is 13.8. The molecule has 0 radical (unpaired) electrons. The number of carbonyl (C=O) groups excluding carboxylic acids is 8. The van der Waals surface area contributed by atoms with Crippen LogP contribution in [0.2, 0.25) is 0 Å². The summed E-state index contributed by atoms with van der Waals surface area (Å²) in [5.41, 5.74) is 5.03. The molecule has 5 heterocycles. The molecule has 0 saturated carbocycles. The molecule has 9 N–H and O–H groups in total. The predicted octanol–water partition coefficient (Wildman–Crippen LogP) is 7.44. The Morgan fingerprint density at radius 2 is 1.57 bits per heavy atom. The lowest BCUT2D eigenvalue weighted by Crippen LogP contribution is -2.54. The molecule has 1 saturated heterocycles. The number of carbonyl (C=O) groups is 8. The van der Waals surface area contributed by atoms with E-state index in [1.807, 2.05) is 37.0 Å². The van der Waals surface area contributed by atoms with E-state index >= 15 is 4.79 Å². The van der Waals surface area contributed by atoms with E-state index in [1.165, 1.54) is 52.4 Å². The minimum absolute atomic E-state index is 0.0200. The van der Waals surface area contributed by atoms with Crippen molar-refractivity contribution in [1.29, 1.82) is 0 Å². The number of methoxy groups -OCH3 is 1. The number of rotatable bonds is 21. The number of aliphatic hydroxyl groups is 1. The molecule has 102 heavy (non-hydrogen) atoms. The van der Waals surface area contributed by atoms with Crippen molar-refractivity contribution < 1.29 is 71.9 Å². The smallest absolute Gasteiger partial charge is 0.312 e. The second kappa shape index (κ2) is 33.1. The standard InChI is InChI=1S/C75H94N10O17/c1-40(2)61(80-55(88)20-13-12-14-29-85-56(89)25-26-57(85)90)73(96)79-51(19-16-28-77-74(76)97)72(95)78-49-23-21-48(22-24-49)39-83-30-32-84(33-31-83)50-37-52(87)62-54(38-50)101-69-63(81-62)58-59-65(91)46(8)68-60(58)70(93)75(10,102-68)99-34-27-53(98-11)45(7)67(100-47(9)86)44(6)36-42(4)35-41(3)17-15-18-43(5)71(94)82-64(69)66(59)92/h15,17-18,21-27,34,37-38,40-42,44-45,51,53,61,67,91,93H,12-14,16,19-20,28-33,35-36,39H2,1-11H3,(H,78,95)(H,79,96)(H,80,88)(H,82,94)(H3,76,77,97)/b17-15+,34-27+,43-18-/t41-,42+,44+,45+,51-,53-,61-,67-,75-/m0/s1. The molecule has 9 rings (SSSR count). The first-order chi connectivity index (χ1) is 48.5. The maximum atomic E-state index is 15.2. The second-order valence-electron chi connectivity index (χ2n) is 27.7. The largest absolute Gasteiger partial charge is 0.507 e. The van der Waals surface area contributed by atoms with Crippen LogP contribution in [-0.4, -0.2) is 149 Å². The van der Waals surface area contributed by atoms with E-state index in [4.69, 9.17) is 34.1 Å². The molecule has 0 unspecified atom stereocenters. The van der Waals surface area contributed by atoms with E-state index in [1.54, 1.807) is 57.2 Å². The number of anilines is 3. The van der Waals surface area contributed by atoms with Crippen LogP contribution in [-0.2, 0) is 54.3 Å². The normalized spacial score (nSPS) is 23.2. The highest BCUT2D eigenvalue weighted by Gasteiger charge is 2.44. The van der Waals surface area contributed by atoms with Gasteiger partial charge >= 0.3 is 17.8 Å². The zero-order valence-corrected chi connectivity index (χ0v) is 59.7. The summed E-state index contributed by atoms with van der Waals surface area (Å²) in [4.78, 5) is 143. The van der Waals surface area contributed by atoms with Crippen LogP contribution in [0.3, 0.4) is 0 Å². The molecule has 9 atom stereocenters. The lowest BCUT2D eigenvalue weighted by Gasteiger charge is -2.36. The number of aromatic nitrogens is 1. The summed E-state index contributed by atoms with van der Waals surface area (Å²) in [6.45, 7) is 20.5. The van der Waals surface area contributed by atoms with Crippen LogP contribution in [0, 0.1) is 36.5 Å². The van der Waals surface area contributed by atoms with Crippen molar-refractivity contribution in [2.75, 3.05) is 61.9 Å². The summed E-state index contributed by atoms with van der Waals surface area (Å²) in [6.07, 6.45) is 13.0. The Balaban J connectivity index is 0.931. The van der Waals surface area contributed by atoms with Crippen LogP contribution in [0.15, 0.2) is 98.7 Å². The van der Waals surface area contributed by atoms with E-state index < -0.39 is 82.2 Å². The summed E-state index contributed by atoms with van der Waals surface area (Å²) in [7, 11) is 1.52. The first-order valence-electron chi connectivity index (χ1n) is 34.8. The first-order valence-corrected chi connectivity index (χ1v) is 34.8. The second-order valence-corrected chi connectivity index (χ2v) is 27.7. The molecule has 4 aromatic carbocycles. The average Bonchev–Trinajstić information content (AvgIpc) is 1.38. The van der Waals surface area contributed by atoms with E-state index in [2.05, 4.69) is 45.3 Å². The van der Waals surface area contributed by atoms with Gasteiger partial charge in [-0.25, -0.2) is 9.78 Å². The number of urea groups is 1.